The number of fused-ring (bicyclic) bond motifs is 1. The highest BCUT2D eigenvalue weighted by atomic mass is 16.5. The van der Waals surface area contributed by atoms with Crippen LogP contribution in [0.2, 0.25) is 0 Å². The van der Waals surface area contributed by atoms with Crippen molar-refractivity contribution >= 4 is 12.0 Å². The number of hydrogen-bond donors (Lipinski definition) is 0. The number of rotatable bonds is 2. The predicted octanol–water partition coefficient (Wildman–Crippen LogP) is 1.09. The maximum absolute atomic E-state index is 10.9. The average molecular weight is 201 g/mol. The van der Waals surface area contributed by atoms with E-state index in [2.05, 4.69) is 5.92 Å². The number of nitrogens with zero attached hydrogens (tertiary/aromatic N) is 1. The van der Waals surface area contributed by atoms with Crippen LogP contribution in [0.5, 0.6) is 5.75 Å². The highest BCUT2D eigenvalue weighted by molar-refractivity contribution is 5.72. The first kappa shape index (κ1) is 9.60. The second-order valence-corrected chi connectivity index (χ2v) is 3.31. The van der Waals surface area contributed by atoms with Crippen LogP contribution in [0.3, 0.4) is 0 Å². The zero-order valence-corrected chi connectivity index (χ0v) is 8.22. The van der Waals surface area contributed by atoms with Gasteiger partial charge in [0.2, 0.25) is 0 Å². The first-order valence-electron chi connectivity index (χ1n) is 4.74. The SMILES string of the molecule is C#CCN1c2ccccc2OCC1C=O. The Morgan fingerprint density at radius 1 is 1.60 bits per heavy atom. The van der Waals surface area contributed by atoms with Crippen LogP contribution in [0.4, 0.5) is 5.69 Å². The molecule has 1 atom stereocenters. The summed E-state index contributed by atoms with van der Waals surface area (Å²) < 4.78 is 5.46. The normalized spacial score (nSPS) is 18.6. The smallest absolute Gasteiger partial charge is 0.145 e. The van der Waals surface area contributed by atoms with Gasteiger partial charge in [0, 0.05) is 0 Å². The molecule has 0 fully saturated rings. The average Bonchev–Trinajstić information content (AvgIpc) is 2.30. The van der Waals surface area contributed by atoms with Gasteiger partial charge in [-0.3, -0.25) is 0 Å². The van der Waals surface area contributed by atoms with Gasteiger partial charge in [-0.15, -0.1) is 6.42 Å². The third-order valence-corrected chi connectivity index (χ3v) is 2.40. The lowest BCUT2D eigenvalue weighted by atomic mass is 10.1. The van der Waals surface area contributed by atoms with Crippen molar-refractivity contribution in [3.05, 3.63) is 24.3 Å². The lowest BCUT2D eigenvalue weighted by molar-refractivity contribution is -0.109. The number of para-hydroxylation sites is 2. The van der Waals surface area contributed by atoms with Gasteiger partial charge in [0.15, 0.2) is 0 Å². The van der Waals surface area contributed by atoms with E-state index in [-0.39, 0.29) is 6.04 Å². The molecule has 1 heterocycles. The summed E-state index contributed by atoms with van der Waals surface area (Å²) in [6, 6.07) is 7.30. The van der Waals surface area contributed by atoms with Gasteiger partial charge in [-0.05, 0) is 12.1 Å². The molecule has 0 N–H and O–H groups in total. The summed E-state index contributed by atoms with van der Waals surface area (Å²) in [7, 11) is 0. The van der Waals surface area contributed by atoms with E-state index in [1.807, 2.05) is 29.2 Å². The van der Waals surface area contributed by atoms with Crippen LogP contribution in [0, 0.1) is 12.3 Å². The summed E-state index contributed by atoms with van der Waals surface area (Å²) in [6.07, 6.45) is 6.15. The fourth-order valence-electron chi connectivity index (χ4n) is 1.67. The maximum atomic E-state index is 10.9. The van der Waals surface area contributed by atoms with E-state index in [1.54, 1.807) is 0 Å². The molecule has 3 nitrogen and oxygen atoms in total. The van der Waals surface area contributed by atoms with E-state index in [1.165, 1.54) is 0 Å². The third kappa shape index (κ3) is 1.66. The summed E-state index contributed by atoms with van der Waals surface area (Å²) in [6.45, 7) is 0.784. The van der Waals surface area contributed by atoms with Gasteiger partial charge in [-0.25, -0.2) is 0 Å². The minimum absolute atomic E-state index is 0.282. The van der Waals surface area contributed by atoms with Gasteiger partial charge in [-0.1, -0.05) is 18.1 Å². The molecule has 0 radical (unpaired) electrons. The number of hydrogen-bond acceptors (Lipinski definition) is 3. The van der Waals surface area contributed by atoms with E-state index in [9.17, 15) is 4.79 Å². The molecule has 1 aliphatic heterocycles. The van der Waals surface area contributed by atoms with Gasteiger partial charge in [0.05, 0.1) is 12.2 Å². The van der Waals surface area contributed by atoms with Crippen molar-refractivity contribution in [3.63, 3.8) is 0 Å². The Balaban J connectivity index is 2.39. The van der Waals surface area contributed by atoms with Crippen LogP contribution in [0.1, 0.15) is 0 Å². The van der Waals surface area contributed by atoms with Crippen molar-refractivity contribution in [1.29, 1.82) is 0 Å². The predicted molar refractivity (Wildman–Crippen MR) is 58.0 cm³/mol. The Kier molecular flexibility index (Phi) is 2.59. The summed E-state index contributed by atoms with van der Waals surface area (Å²) in [5, 5.41) is 0. The molecule has 2 rings (SSSR count). The van der Waals surface area contributed by atoms with Crippen LogP contribution < -0.4 is 9.64 Å². The van der Waals surface area contributed by atoms with Crippen LogP contribution >= 0.6 is 0 Å². The number of ether oxygens (including phenoxy) is 1. The molecule has 76 valence electrons. The van der Waals surface area contributed by atoms with Gasteiger partial charge >= 0.3 is 0 Å². The lowest BCUT2D eigenvalue weighted by Crippen LogP contribution is -2.44. The standard InChI is InChI=1S/C12H11NO2/c1-2-7-13-10(8-14)9-15-12-6-4-3-5-11(12)13/h1,3-6,8,10H,7,9H2. The van der Waals surface area contributed by atoms with E-state index in [4.69, 9.17) is 11.2 Å². The highest BCUT2D eigenvalue weighted by Crippen LogP contribution is 2.32. The van der Waals surface area contributed by atoms with Gasteiger partial charge in [0.1, 0.15) is 24.7 Å². The van der Waals surface area contributed by atoms with Crippen molar-refractivity contribution < 1.29 is 9.53 Å². The Morgan fingerprint density at radius 3 is 3.13 bits per heavy atom. The van der Waals surface area contributed by atoms with Gasteiger partial charge < -0.3 is 14.4 Å². The number of anilines is 1. The minimum Gasteiger partial charge on any atom is -0.489 e. The van der Waals surface area contributed by atoms with E-state index in [0.717, 1.165) is 17.7 Å². The Hall–Kier alpha value is -1.95. The zero-order chi connectivity index (χ0) is 10.7. The third-order valence-electron chi connectivity index (χ3n) is 2.40. The Labute approximate surface area is 88.6 Å². The fourth-order valence-corrected chi connectivity index (χ4v) is 1.67. The zero-order valence-electron chi connectivity index (χ0n) is 8.22. The molecule has 3 heteroatoms. The molecule has 1 aliphatic rings. The van der Waals surface area contributed by atoms with Crippen molar-refractivity contribution in [3.8, 4) is 18.1 Å². The van der Waals surface area contributed by atoms with Crippen molar-refractivity contribution in [2.24, 2.45) is 0 Å². The molecule has 1 unspecified atom stereocenters. The summed E-state index contributed by atoms with van der Waals surface area (Å²) in [5.74, 6) is 3.34. The van der Waals surface area contributed by atoms with Crippen LogP contribution in [-0.4, -0.2) is 25.5 Å². The summed E-state index contributed by atoms with van der Waals surface area (Å²) in [4.78, 5) is 12.7. The van der Waals surface area contributed by atoms with Crippen LogP contribution in [0.25, 0.3) is 0 Å². The first-order chi connectivity index (χ1) is 7.36. The lowest BCUT2D eigenvalue weighted by Gasteiger charge is -2.34. The number of carbonyl (C=O) groups is 1. The number of benzene rings is 1. The molecule has 0 saturated carbocycles. The largest absolute Gasteiger partial charge is 0.489 e. The molecule has 1 aromatic carbocycles. The van der Waals surface area contributed by atoms with Crippen molar-refractivity contribution in [2.75, 3.05) is 18.1 Å². The Morgan fingerprint density at radius 2 is 2.40 bits per heavy atom. The molecule has 0 aliphatic carbocycles. The number of terminal acetylenes is 1. The molecule has 15 heavy (non-hydrogen) atoms. The Bertz CT molecular complexity index is 408. The molecule has 0 bridgehead atoms. The molecule has 0 aromatic heterocycles. The van der Waals surface area contributed by atoms with Crippen molar-refractivity contribution in [1.82, 2.24) is 0 Å². The second-order valence-electron chi connectivity index (χ2n) is 3.31. The summed E-state index contributed by atoms with van der Waals surface area (Å²) in [5.41, 5.74) is 0.888. The van der Waals surface area contributed by atoms with Gasteiger partial charge in [-0.2, -0.15) is 0 Å². The molecule has 0 spiro atoms. The molecule has 1 aromatic rings. The minimum atomic E-state index is -0.282. The monoisotopic (exact) mass is 201 g/mol. The maximum Gasteiger partial charge on any atom is 0.145 e. The van der Waals surface area contributed by atoms with Crippen molar-refractivity contribution in [2.45, 2.75) is 6.04 Å². The molecule has 0 saturated heterocycles. The fraction of sp³-hybridized carbons (Fsp3) is 0.250. The first-order valence-corrected chi connectivity index (χ1v) is 4.74. The van der Waals surface area contributed by atoms with Crippen LogP contribution in [-0.2, 0) is 4.79 Å². The number of carbonyl (C=O) groups excluding carboxylic acids is 1. The van der Waals surface area contributed by atoms with E-state index >= 15 is 0 Å². The molecular formula is C12H11NO2. The molecular weight excluding hydrogens is 190 g/mol. The second kappa shape index (κ2) is 4.05. The summed E-state index contributed by atoms with van der Waals surface area (Å²) >= 11 is 0. The molecule has 0 amide bonds. The highest BCUT2D eigenvalue weighted by Gasteiger charge is 2.25. The van der Waals surface area contributed by atoms with E-state index < -0.39 is 0 Å². The van der Waals surface area contributed by atoms with Gasteiger partial charge in [0.25, 0.3) is 0 Å². The van der Waals surface area contributed by atoms with Crippen LogP contribution in [0.15, 0.2) is 24.3 Å². The van der Waals surface area contributed by atoms with E-state index in [0.29, 0.717) is 13.2 Å². The topological polar surface area (TPSA) is 29.5 Å². The number of aldehydes is 1. The quantitative estimate of drug-likeness (QED) is 0.530.